The second kappa shape index (κ2) is 5.64. The largest absolute Gasteiger partial charge is 0.481 e. The minimum atomic E-state index is -0.940. The number of carbonyl (C=O) groups is 2. The SMILES string of the molecule is O=C(O)CCNC(=O)/C=C\c1ccco1. The molecule has 0 saturated heterocycles. The number of hydrogen-bond acceptors (Lipinski definition) is 3. The van der Waals surface area contributed by atoms with Crippen LogP contribution in [0.15, 0.2) is 28.9 Å². The van der Waals surface area contributed by atoms with Crippen molar-refractivity contribution < 1.29 is 19.1 Å². The standard InChI is InChI=1S/C10H11NO4/c12-9(11-6-5-10(13)14)4-3-8-2-1-7-15-8/h1-4,7H,5-6H2,(H,11,12)(H,13,14)/b4-3-. The molecule has 1 amide bonds. The van der Waals surface area contributed by atoms with Gasteiger partial charge in [-0.25, -0.2) is 0 Å². The van der Waals surface area contributed by atoms with E-state index in [1.54, 1.807) is 12.1 Å². The number of hydrogen-bond donors (Lipinski definition) is 2. The molecule has 0 aliphatic heterocycles. The van der Waals surface area contributed by atoms with Gasteiger partial charge in [0.15, 0.2) is 0 Å². The van der Waals surface area contributed by atoms with E-state index in [2.05, 4.69) is 5.32 Å². The van der Waals surface area contributed by atoms with Gasteiger partial charge in [0, 0.05) is 12.6 Å². The summed E-state index contributed by atoms with van der Waals surface area (Å²) in [6.45, 7) is 0.122. The van der Waals surface area contributed by atoms with E-state index in [1.165, 1.54) is 18.4 Å². The number of aliphatic carboxylic acids is 1. The highest BCUT2D eigenvalue weighted by Crippen LogP contribution is 2.01. The Morgan fingerprint density at radius 2 is 2.33 bits per heavy atom. The first-order valence-corrected chi connectivity index (χ1v) is 4.39. The van der Waals surface area contributed by atoms with E-state index in [0.29, 0.717) is 5.76 Å². The highest BCUT2D eigenvalue weighted by atomic mass is 16.4. The quantitative estimate of drug-likeness (QED) is 0.705. The lowest BCUT2D eigenvalue weighted by Gasteiger charge is -1.97. The van der Waals surface area contributed by atoms with Crippen LogP contribution in [0.5, 0.6) is 0 Å². The molecule has 5 heteroatoms. The molecule has 1 aromatic rings. The van der Waals surface area contributed by atoms with Crippen LogP contribution in [0.1, 0.15) is 12.2 Å². The van der Waals surface area contributed by atoms with Crippen LogP contribution in [-0.2, 0) is 9.59 Å². The number of carboxylic acid groups (broad SMARTS) is 1. The number of nitrogens with one attached hydrogen (secondary N) is 1. The van der Waals surface area contributed by atoms with Gasteiger partial charge in [-0.2, -0.15) is 0 Å². The minimum Gasteiger partial charge on any atom is -0.481 e. The average molecular weight is 209 g/mol. The Labute approximate surface area is 86.4 Å². The molecule has 0 unspecified atom stereocenters. The fraction of sp³-hybridized carbons (Fsp3) is 0.200. The Morgan fingerprint density at radius 3 is 2.93 bits per heavy atom. The van der Waals surface area contributed by atoms with Gasteiger partial charge in [0.05, 0.1) is 12.7 Å². The molecule has 80 valence electrons. The Bertz CT molecular complexity index is 354. The summed E-state index contributed by atoms with van der Waals surface area (Å²) in [5.41, 5.74) is 0. The zero-order chi connectivity index (χ0) is 11.1. The van der Waals surface area contributed by atoms with Gasteiger partial charge in [0.1, 0.15) is 5.76 Å². The summed E-state index contributed by atoms with van der Waals surface area (Å²) in [5.74, 6) is -0.707. The predicted molar refractivity (Wildman–Crippen MR) is 53.0 cm³/mol. The van der Waals surface area contributed by atoms with Gasteiger partial charge in [0.2, 0.25) is 5.91 Å². The van der Waals surface area contributed by atoms with E-state index in [-0.39, 0.29) is 18.9 Å². The Balaban J connectivity index is 2.27. The van der Waals surface area contributed by atoms with Gasteiger partial charge in [-0.05, 0) is 18.2 Å². The first kappa shape index (κ1) is 11.0. The molecule has 15 heavy (non-hydrogen) atoms. The molecule has 2 N–H and O–H groups in total. The van der Waals surface area contributed by atoms with Crippen LogP contribution < -0.4 is 5.32 Å². The molecule has 0 bridgehead atoms. The van der Waals surface area contributed by atoms with E-state index in [0.717, 1.165) is 0 Å². The van der Waals surface area contributed by atoms with Crippen LogP contribution in [0.2, 0.25) is 0 Å². The molecule has 5 nitrogen and oxygen atoms in total. The van der Waals surface area contributed by atoms with Crippen LogP contribution in [0.4, 0.5) is 0 Å². The van der Waals surface area contributed by atoms with Crippen LogP contribution in [0, 0.1) is 0 Å². The van der Waals surface area contributed by atoms with E-state index < -0.39 is 5.97 Å². The second-order valence-electron chi connectivity index (χ2n) is 2.78. The zero-order valence-electron chi connectivity index (χ0n) is 7.97. The van der Waals surface area contributed by atoms with Gasteiger partial charge in [-0.15, -0.1) is 0 Å². The maximum atomic E-state index is 11.1. The predicted octanol–water partition coefficient (Wildman–Crippen LogP) is 0.884. The van der Waals surface area contributed by atoms with Crippen LogP contribution in [0.25, 0.3) is 6.08 Å². The van der Waals surface area contributed by atoms with Crippen molar-refractivity contribution in [3.63, 3.8) is 0 Å². The Morgan fingerprint density at radius 1 is 1.53 bits per heavy atom. The summed E-state index contributed by atoms with van der Waals surface area (Å²) < 4.78 is 4.97. The molecule has 1 aromatic heterocycles. The lowest BCUT2D eigenvalue weighted by molar-refractivity contribution is -0.136. The topological polar surface area (TPSA) is 79.5 Å². The van der Waals surface area contributed by atoms with E-state index in [4.69, 9.17) is 9.52 Å². The smallest absolute Gasteiger partial charge is 0.305 e. The first-order chi connectivity index (χ1) is 7.18. The third-order valence-electron chi connectivity index (χ3n) is 1.58. The molecule has 0 fully saturated rings. The molecule has 0 aliphatic rings. The summed E-state index contributed by atoms with van der Waals surface area (Å²) in [6.07, 6.45) is 4.22. The zero-order valence-corrected chi connectivity index (χ0v) is 7.97. The number of rotatable bonds is 5. The summed E-state index contributed by atoms with van der Waals surface area (Å²) in [7, 11) is 0. The summed E-state index contributed by atoms with van der Waals surface area (Å²) >= 11 is 0. The van der Waals surface area contributed by atoms with Crippen LogP contribution in [-0.4, -0.2) is 23.5 Å². The third kappa shape index (κ3) is 4.66. The van der Waals surface area contributed by atoms with E-state index >= 15 is 0 Å². The van der Waals surface area contributed by atoms with Gasteiger partial charge in [-0.1, -0.05) is 0 Å². The molecule has 0 saturated carbocycles. The van der Waals surface area contributed by atoms with Gasteiger partial charge in [-0.3, -0.25) is 9.59 Å². The molecular formula is C10H11NO4. The molecule has 0 aromatic carbocycles. The molecule has 0 spiro atoms. The van der Waals surface area contributed by atoms with Crippen molar-refractivity contribution in [3.8, 4) is 0 Å². The van der Waals surface area contributed by atoms with Crippen molar-refractivity contribution in [1.82, 2.24) is 5.32 Å². The molecule has 0 radical (unpaired) electrons. The maximum absolute atomic E-state index is 11.1. The summed E-state index contributed by atoms with van der Waals surface area (Å²) in [6, 6.07) is 3.42. The van der Waals surface area contributed by atoms with Crippen molar-refractivity contribution in [2.75, 3.05) is 6.54 Å². The monoisotopic (exact) mass is 209 g/mol. The highest BCUT2D eigenvalue weighted by molar-refractivity contribution is 5.91. The fourth-order valence-corrected chi connectivity index (χ4v) is 0.895. The van der Waals surface area contributed by atoms with Crippen molar-refractivity contribution in [2.24, 2.45) is 0 Å². The van der Waals surface area contributed by atoms with Gasteiger partial charge < -0.3 is 14.8 Å². The molecule has 1 rings (SSSR count). The molecule has 0 atom stereocenters. The highest BCUT2D eigenvalue weighted by Gasteiger charge is 1.98. The Hall–Kier alpha value is -2.04. The van der Waals surface area contributed by atoms with Gasteiger partial charge in [0.25, 0.3) is 0 Å². The number of carboxylic acids is 1. The third-order valence-corrected chi connectivity index (χ3v) is 1.58. The number of amides is 1. The second-order valence-corrected chi connectivity index (χ2v) is 2.78. The van der Waals surface area contributed by atoms with Crippen LogP contribution >= 0.6 is 0 Å². The van der Waals surface area contributed by atoms with Crippen molar-refractivity contribution in [1.29, 1.82) is 0 Å². The molecule has 0 aliphatic carbocycles. The van der Waals surface area contributed by atoms with Crippen molar-refractivity contribution in [3.05, 3.63) is 30.2 Å². The Kier molecular flexibility index (Phi) is 4.15. The fourth-order valence-electron chi connectivity index (χ4n) is 0.895. The normalized spacial score (nSPS) is 10.4. The van der Waals surface area contributed by atoms with Crippen LogP contribution in [0.3, 0.4) is 0 Å². The molecular weight excluding hydrogens is 198 g/mol. The van der Waals surface area contributed by atoms with E-state index in [9.17, 15) is 9.59 Å². The number of furan rings is 1. The van der Waals surface area contributed by atoms with Crippen molar-refractivity contribution in [2.45, 2.75) is 6.42 Å². The lowest BCUT2D eigenvalue weighted by atomic mass is 10.3. The minimum absolute atomic E-state index is 0.0830. The average Bonchev–Trinajstić information content (AvgIpc) is 2.66. The maximum Gasteiger partial charge on any atom is 0.305 e. The van der Waals surface area contributed by atoms with Crippen molar-refractivity contribution >= 4 is 18.0 Å². The first-order valence-electron chi connectivity index (χ1n) is 4.39. The number of carbonyl (C=O) groups excluding carboxylic acids is 1. The summed E-state index contributed by atoms with van der Waals surface area (Å²) in [5, 5.41) is 10.8. The molecule has 1 heterocycles. The summed E-state index contributed by atoms with van der Waals surface area (Å²) in [4.78, 5) is 21.2. The van der Waals surface area contributed by atoms with Gasteiger partial charge >= 0.3 is 5.97 Å². The van der Waals surface area contributed by atoms with E-state index in [1.807, 2.05) is 0 Å². The lowest BCUT2D eigenvalue weighted by Crippen LogP contribution is -2.23.